The van der Waals surface area contributed by atoms with Crippen molar-refractivity contribution < 1.29 is 4.79 Å². The van der Waals surface area contributed by atoms with Crippen LogP contribution in [-0.4, -0.2) is 54.1 Å². The lowest BCUT2D eigenvalue weighted by Crippen LogP contribution is -2.39. The van der Waals surface area contributed by atoms with E-state index in [0.717, 1.165) is 54.2 Å². The molecule has 1 aromatic carbocycles. The number of piperidine rings is 1. The summed E-state index contributed by atoms with van der Waals surface area (Å²) in [6.07, 6.45) is 11.4. The molecule has 2 heterocycles. The number of rotatable bonds is 1. The van der Waals surface area contributed by atoms with Crippen molar-refractivity contribution in [2.75, 3.05) is 26.7 Å². The first-order valence-electron chi connectivity index (χ1n) is 13.9. The highest BCUT2D eigenvalue weighted by Crippen LogP contribution is 2.34. The minimum atomic E-state index is 0.0920. The number of likely N-dealkylation sites (N-methyl/N-ethyl adjacent to an activating group) is 1. The molecule has 1 saturated carbocycles. The van der Waals surface area contributed by atoms with Gasteiger partial charge >= 0.3 is 0 Å². The molecule has 1 aromatic rings. The van der Waals surface area contributed by atoms with Gasteiger partial charge < -0.3 is 15.1 Å². The van der Waals surface area contributed by atoms with Crippen LogP contribution in [0.2, 0.25) is 0 Å². The van der Waals surface area contributed by atoms with Gasteiger partial charge in [0.25, 0.3) is 0 Å². The highest BCUT2D eigenvalue weighted by molar-refractivity contribution is 5.99. The smallest absolute Gasteiger partial charge is 0.220 e. The Balaban J connectivity index is 1.70. The minimum absolute atomic E-state index is 0.0920. The Morgan fingerprint density at radius 1 is 1.00 bits per heavy atom. The quantitative estimate of drug-likeness (QED) is 0.512. The molecule has 1 N–H and O–H groups in total. The fourth-order valence-electron chi connectivity index (χ4n) is 5.39. The Morgan fingerprint density at radius 2 is 1.78 bits per heavy atom. The van der Waals surface area contributed by atoms with E-state index in [9.17, 15) is 4.79 Å². The van der Waals surface area contributed by atoms with Gasteiger partial charge in [-0.05, 0) is 88.7 Å². The van der Waals surface area contributed by atoms with Gasteiger partial charge in [0.15, 0.2) is 0 Å². The molecule has 1 atom stereocenters. The zero-order valence-electron chi connectivity index (χ0n) is 23.3. The lowest BCUT2D eigenvalue weighted by atomic mass is 9.91. The van der Waals surface area contributed by atoms with Crippen molar-refractivity contribution in [2.24, 2.45) is 10.9 Å². The number of hydrogen-bond donors (Lipinski definition) is 1. The summed E-state index contributed by atoms with van der Waals surface area (Å²) in [4.78, 5) is 22.4. The maximum absolute atomic E-state index is 12.7. The number of nitrogens with one attached hydrogen (secondary N) is 1. The van der Waals surface area contributed by atoms with Crippen molar-refractivity contribution in [3.05, 3.63) is 77.2 Å². The summed E-state index contributed by atoms with van der Waals surface area (Å²) in [5.41, 5.74) is 9.01. The third-order valence-electron chi connectivity index (χ3n) is 7.90. The number of fused-ring (bicyclic) bond motifs is 2. The molecule has 0 radical (unpaired) electrons. The molecule has 1 amide bonds. The third-order valence-corrected chi connectivity index (χ3v) is 7.90. The molecule has 0 aromatic heterocycles. The van der Waals surface area contributed by atoms with Crippen molar-refractivity contribution in [1.29, 1.82) is 0 Å². The van der Waals surface area contributed by atoms with Crippen LogP contribution in [0.15, 0.2) is 65.5 Å². The number of carbonyl (C=O) groups excluding carboxylic acids is 1. The average molecular weight is 501 g/mol. The molecule has 198 valence electrons. The molecule has 2 aliphatic heterocycles. The first kappa shape index (κ1) is 27.0. The topological polar surface area (TPSA) is 47.9 Å². The van der Waals surface area contributed by atoms with Crippen LogP contribution in [0.4, 0.5) is 0 Å². The second-order valence-corrected chi connectivity index (χ2v) is 11.0. The monoisotopic (exact) mass is 500 g/mol. The average Bonchev–Trinajstić information content (AvgIpc) is 3.72. The number of carbonyl (C=O) groups is 1. The molecule has 1 unspecified atom stereocenters. The van der Waals surface area contributed by atoms with E-state index in [4.69, 9.17) is 4.99 Å². The van der Waals surface area contributed by atoms with Gasteiger partial charge in [0.05, 0.1) is 6.04 Å². The minimum Gasteiger partial charge on any atom is -0.376 e. The predicted molar refractivity (Wildman–Crippen MR) is 155 cm³/mol. The van der Waals surface area contributed by atoms with E-state index >= 15 is 0 Å². The summed E-state index contributed by atoms with van der Waals surface area (Å²) in [6, 6.07) is 6.73. The Morgan fingerprint density at radius 3 is 2.54 bits per heavy atom. The first-order valence-corrected chi connectivity index (χ1v) is 13.9. The van der Waals surface area contributed by atoms with Gasteiger partial charge in [-0.2, -0.15) is 0 Å². The number of aryl methyl sites for hydroxylation is 2. The van der Waals surface area contributed by atoms with Crippen molar-refractivity contribution in [3.63, 3.8) is 0 Å². The van der Waals surface area contributed by atoms with Crippen LogP contribution in [0.3, 0.4) is 0 Å². The van der Waals surface area contributed by atoms with Crippen molar-refractivity contribution in [1.82, 2.24) is 15.1 Å². The second-order valence-electron chi connectivity index (χ2n) is 11.0. The van der Waals surface area contributed by atoms with E-state index in [0.29, 0.717) is 25.3 Å². The number of hydrogen-bond acceptors (Lipinski definition) is 4. The summed E-state index contributed by atoms with van der Waals surface area (Å²) < 4.78 is 0. The van der Waals surface area contributed by atoms with Crippen LogP contribution in [-0.2, 0) is 11.2 Å². The normalized spacial score (nSPS) is 27.2. The number of aliphatic imine (C=N–C) groups is 1. The first-order chi connectivity index (χ1) is 17.7. The molecule has 2 fully saturated rings. The van der Waals surface area contributed by atoms with E-state index in [2.05, 4.69) is 86.4 Å². The zero-order valence-corrected chi connectivity index (χ0v) is 23.3. The third kappa shape index (κ3) is 7.03. The fourth-order valence-corrected chi connectivity index (χ4v) is 5.39. The summed E-state index contributed by atoms with van der Waals surface area (Å²) >= 11 is 0. The van der Waals surface area contributed by atoms with Crippen LogP contribution in [0.25, 0.3) is 5.70 Å². The van der Waals surface area contributed by atoms with Crippen LogP contribution in [0.1, 0.15) is 69.1 Å². The molecule has 5 nitrogen and oxygen atoms in total. The van der Waals surface area contributed by atoms with E-state index in [1.807, 2.05) is 0 Å². The van der Waals surface area contributed by atoms with E-state index < -0.39 is 0 Å². The molecule has 5 heteroatoms. The Kier molecular flexibility index (Phi) is 8.73. The van der Waals surface area contributed by atoms with Gasteiger partial charge in [0, 0.05) is 67.4 Å². The van der Waals surface area contributed by atoms with Crippen molar-refractivity contribution >= 4 is 17.3 Å². The molecule has 1 aliphatic carbocycles. The molecule has 37 heavy (non-hydrogen) atoms. The molecular formula is C32H44N4O. The molecular weight excluding hydrogens is 456 g/mol. The van der Waals surface area contributed by atoms with Gasteiger partial charge in [-0.1, -0.05) is 30.9 Å². The van der Waals surface area contributed by atoms with Crippen LogP contribution in [0.5, 0.6) is 0 Å². The molecule has 4 rings (SSSR count). The standard InChI is InChI=1S/C32H44N4O/c1-22-10-11-27-14-15-32(37)33-16-18-35(6)25(4)21-30(28-12-13-28)34-24(3)20-23(2)31-9-7-8-17-36(31)26(5)29(27)19-22/h10-11,19-21,28,31H,2,5,7-9,12-18H2,1,3-4,6H3,(H,33,37)/b24-20+,25-21+,34-30-. The van der Waals surface area contributed by atoms with Gasteiger partial charge in [-0.15, -0.1) is 0 Å². The van der Waals surface area contributed by atoms with Crippen LogP contribution in [0, 0.1) is 12.8 Å². The van der Waals surface area contributed by atoms with Gasteiger partial charge in [0.1, 0.15) is 0 Å². The highest BCUT2D eigenvalue weighted by atomic mass is 16.1. The molecule has 1 saturated heterocycles. The van der Waals surface area contributed by atoms with Crippen LogP contribution < -0.4 is 5.32 Å². The number of allylic oxidation sites excluding steroid dienone is 3. The number of nitrogens with zero attached hydrogens (tertiary/aromatic N) is 3. The lowest BCUT2D eigenvalue weighted by Gasteiger charge is -2.40. The van der Waals surface area contributed by atoms with E-state index in [1.165, 1.54) is 36.1 Å². The van der Waals surface area contributed by atoms with Crippen LogP contribution >= 0.6 is 0 Å². The fraction of sp³-hybridized carbons (Fsp3) is 0.500. The van der Waals surface area contributed by atoms with Crippen molar-refractivity contribution in [2.45, 2.75) is 71.8 Å². The summed E-state index contributed by atoms with van der Waals surface area (Å²) in [7, 11) is 2.08. The molecule has 0 bridgehead atoms. The lowest BCUT2D eigenvalue weighted by molar-refractivity contribution is -0.121. The van der Waals surface area contributed by atoms with E-state index in [1.54, 1.807) is 0 Å². The maximum atomic E-state index is 12.7. The van der Waals surface area contributed by atoms with Gasteiger partial charge in [0.2, 0.25) is 5.91 Å². The van der Waals surface area contributed by atoms with Gasteiger partial charge in [-0.25, -0.2) is 0 Å². The Labute approximate surface area is 223 Å². The summed E-state index contributed by atoms with van der Waals surface area (Å²) in [5, 5.41) is 3.11. The van der Waals surface area contributed by atoms with Gasteiger partial charge in [-0.3, -0.25) is 9.79 Å². The number of benzene rings is 1. The Bertz CT molecular complexity index is 1140. The summed E-state index contributed by atoms with van der Waals surface area (Å²) in [5.74, 6) is 0.633. The molecule has 3 aliphatic rings. The predicted octanol–water partition coefficient (Wildman–Crippen LogP) is 6.03. The maximum Gasteiger partial charge on any atom is 0.220 e. The highest BCUT2D eigenvalue weighted by Gasteiger charge is 2.28. The SMILES string of the molecule is C=C1/C=C(C)/N=C(C2CC2)/C=C(\C)N(C)CCNC(=O)CCc2ccc(C)cc2C(=C)N2CCCCC12. The Hall–Kier alpha value is -3.08. The number of amides is 1. The van der Waals surface area contributed by atoms with Crippen molar-refractivity contribution in [3.8, 4) is 0 Å². The zero-order chi connectivity index (χ0) is 26.5. The summed E-state index contributed by atoms with van der Waals surface area (Å²) in [6.45, 7) is 17.8. The second kappa shape index (κ2) is 12.0. The molecule has 0 spiro atoms. The van der Waals surface area contributed by atoms with E-state index in [-0.39, 0.29) is 11.9 Å². The largest absolute Gasteiger partial charge is 0.376 e.